The fourth-order valence-electron chi connectivity index (χ4n) is 2.62. The van der Waals surface area contributed by atoms with E-state index in [-0.39, 0.29) is 5.69 Å². The largest absolute Gasteiger partial charge is 0.488 e. The quantitative estimate of drug-likeness (QED) is 0.478. The third-order valence-electron chi connectivity index (χ3n) is 3.95. The van der Waals surface area contributed by atoms with Gasteiger partial charge in [-0.05, 0) is 28.8 Å². The Morgan fingerprint density at radius 1 is 0.852 bits per heavy atom. The SMILES string of the molecule is NCCOc1ccc(-c2cccc([N+](=O)[O-])c2)cc1OCc1ccccc1. The van der Waals surface area contributed by atoms with Gasteiger partial charge in [0.15, 0.2) is 11.5 Å². The minimum Gasteiger partial charge on any atom is -0.488 e. The van der Waals surface area contributed by atoms with E-state index in [0.29, 0.717) is 31.3 Å². The summed E-state index contributed by atoms with van der Waals surface area (Å²) in [6, 6.07) is 21.8. The average molecular weight is 364 g/mol. The maximum Gasteiger partial charge on any atom is 0.270 e. The van der Waals surface area contributed by atoms with Crippen molar-refractivity contribution in [3.05, 3.63) is 88.5 Å². The van der Waals surface area contributed by atoms with E-state index in [1.807, 2.05) is 48.5 Å². The Bertz CT molecular complexity index is 913. The van der Waals surface area contributed by atoms with Crippen molar-refractivity contribution in [3.8, 4) is 22.6 Å². The summed E-state index contributed by atoms with van der Waals surface area (Å²) in [5.41, 5.74) is 8.15. The number of nitrogens with two attached hydrogens (primary N) is 1. The van der Waals surface area contributed by atoms with Crippen LogP contribution < -0.4 is 15.2 Å². The smallest absolute Gasteiger partial charge is 0.270 e. The second-order valence-corrected chi connectivity index (χ2v) is 5.88. The Morgan fingerprint density at radius 2 is 1.63 bits per heavy atom. The van der Waals surface area contributed by atoms with Crippen molar-refractivity contribution in [1.29, 1.82) is 0 Å². The molecule has 3 aromatic rings. The van der Waals surface area contributed by atoms with Gasteiger partial charge in [-0.3, -0.25) is 10.1 Å². The van der Waals surface area contributed by atoms with Gasteiger partial charge in [-0.2, -0.15) is 0 Å². The molecule has 3 aromatic carbocycles. The first kappa shape index (κ1) is 18.4. The lowest BCUT2D eigenvalue weighted by Crippen LogP contribution is -2.11. The molecule has 0 fully saturated rings. The zero-order chi connectivity index (χ0) is 19.1. The van der Waals surface area contributed by atoms with E-state index in [2.05, 4.69) is 0 Å². The number of benzene rings is 3. The monoisotopic (exact) mass is 364 g/mol. The van der Waals surface area contributed by atoms with Crippen molar-refractivity contribution >= 4 is 5.69 Å². The van der Waals surface area contributed by atoms with Gasteiger partial charge in [-0.25, -0.2) is 0 Å². The molecule has 0 atom stereocenters. The van der Waals surface area contributed by atoms with Crippen molar-refractivity contribution in [3.63, 3.8) is 0 Å². The number of rotatable bonds is 8. The summed E-state index contributed by atoms with van der Waals surface area (Å²) < 4.78 is 11.6. The average Bonchev–Trinajstić information content (AvgIpc) is 2.72. The molecule has 0 saturated carbocycles. The fraction of sp³-hybridized carbons (Fsp3) is 0.143. The lowest BCUT2D eigenvalue weighted by atomic mass is 10.0. The normalized spacial score (nSPS) is 10.4. The summed E-state index contributed by atoms with van der Waals surface area (Å²) in [6.07, 6.45) is 0. The topological polar surface area (TPSA) is 87.6 Å². The predicted octanol–water partition coefficient (Wildman–Crippen LogP) is 4.18. The number of hydrogen-bond acceptors (Lipinski definition) is 5. The van der Waals surface area contributed by atoms with Gasteiger partial charge in [0.1, 0.15) is 13.2 Å². The minimum atomic E-state index is -0.408. The van der Waals surface area contributed by atoms with Crippen LogP contribution in [0.3, 0.4) is 0 Å². The zero-order valence-corrected chi connectivity index (χ0v) is 14.7. The molecule has 0 heterocycles. The molecule has 0 saturated heterocycles. The first-order valence-corrected chi connectivity index (χ1v) is 8.56. The summed E-state index contributed by atoms with van der Waals surface area (Å²) in [5, 5.41) is 11.0. The molecule has 0 aliphatic rings. The van der Waals surface area contributed by atoms with Gasteiger partial charge in [0, 0.05) is 18.7 Å². The van der Waals surface area contributed by atoms with E-state index in [0.717, 1.165) is 16.7 Å². The van der Waals surface area contributed by atoms with Crippen LogP contribution in [0, 0.1) is 10.1 Å². The molecule has 0 radical (unpaired) electrons. The van der Waals surface area contributed by atoms with Crippen molar-refractivity contribution in [2.75, 3.05) is 13.2 Å². The number of nitro benzene ring substituents is 1. The van der Waals surface area contributed by atoms with Gasteiger partial charge in [0.2, 0.25) is 0 Å². The molecule has 0 aliphatic heterocycles. The van der Waals surface area contributed by atoms with Gasteiger partial charge >= 0.3 is 0 Å². The van der Waals surface area contributed by atoms with Gasteiger partial charge in [-0.1, -0.05) is 48.5 Å². The molecule has 0 aliphatic carbocycles. The van der Waals surface area contributed by atoms with Gasteiger partial charge < -0.3 is 15.2 Å². The molecule has 0 unspecified atom stereocenters. The second kappa shape index (κ2) is 8.82. The Morgan fingerprint density at radius 3 is 2.37 bits per heavy atom. The summed E-state index contributed by atoms with van der Waals surface area (Å²) in [4.78, 5) is 10.6. The van der Waals surface area contributed by atoms with Crippen LogP contribution in [0.1, 0.15) is 5.56 Å². The molecule has 0 spiro atoms. The molecule has 0 amide bonds. The van der Waals surface area contributed by atoms with E-state index in [1.54, 1.807) is 12.1 Å². The molecule has 6 heteroatoms. The van der Waals surface area contributed by atoms with E-state index >= 15 is 0 Å². The number of nitrogens with zero attached hydrogens (tertiary/aromatic N) is 1. The molecule has 27 heavy (non-hydrogen) atoms. The first-order valence-electron chi connectivity index (χ1n) is 8.56. The van der Waals surface area contributed by atoms with Crippen LogP contribution >= 0.6 is 0 Å². The molecule has 0 aromatic heterocycles. The third kappa shape index (κ3) is 4.83. The van der Waals surface area contributed by atoms with E-state index < -0.39 is 4.92 Å². The zero-order valence-electron chi connectivity index (χ0n) is 14.7. The van der Waals surface area contributed by atoms with Gasteiger partial charge in [0.05, 0.1) is 4.92 Å². The van der Waals surface area contributed by atoms with Crippen molar-refractivity contribution in [2.45, 2.75) is 6.61 Å². The van der Waals surface area contributed by atoms with Crippen molar-refractivity contribution in [2.24, 2.45) is 5.73 Å². The highest BCUT2D eigenvalue weighted by Crippen LogP contribution is 2.34. The standard InChI is InChI=1S/C21H20N2O4/c22-11-12-26-20-10-9-18(17-7-4-8-19(13-17)23(24)25)14-21(20)27-15-16-5-2-1-3-6-16/h1-10,13-14H,11-12,15,22H2. The lowest BCUT2D eigenvalue weighted by Gasteiger charge is -2.14. The van der Waals surface area contributed by atoms with E-state index in [4.69, 9.17) is 15.2 Å². The number of ether oxygens (including phenoxy) is 2. The molecule has 138 valence electrons. The highest BCUT2D eigenvalue weighted by Gasteiger charge is 2.11. The second-order valence-electron chi connectivity index (χ2n) is 5.88. The third-order valence-corrected chi connectivity index (χ3v) is 3.95. The van der Waals surface area contributed by atoms with Gasteiger partial charge in [0.25, 0.3) is 5.69 Å². The molecule has 2 N–H and O–H groups in total. The van der Waals surface area contributed by atoms with Crippen LogP contribution in [0.25, 0.3) is 11.1 Å². The number of hydrogen-bond donors (Lipinski definition) is 1. The molecule has 6 nitrogen and oxygen atoms in total. The summed E-state index contributed by atoms with van der Waals surface area (Å²) in [6.45, 7) is 1.15. The van der Waals surface area contributed by atoms with Crippen LogP contribution in [0.5, 0.6) is 11.5 Å². The Kier molecular flexibility index (Phi) is 6.02. The maximum absolute atomic E-state index is 11.0. The highest BCUT2D eigenvalue weighted by molar-refractivity contribution is 5.69. The summed E-state index contributed by atoms with van der Waals surface area (Å²) in [5.74, 6) is 1.15. The molecule has 0 bridgehead atoms. The van der Waals surface area contributed by atoms with Crippen LogP contribution in [0.15, 0.2) is 72.8 Å². The predicted molar refractivity (Wildman–Crippen MR) is 104 cm³/mol. The summed E-state index contributed by atoms with van der Waals surface area (Å²) in [7, 11) is 0. The van der Waals surface area contributed by atoms with Crippen LogP contribution in [0.4, 0.5) is 5.69 Å². The fourth-order valence-corrected chi connectivity index (χ4v) is 2.62. The lowest BCUT2D eigenvalue weighted by molar-refractivity contribution is -0.384. The number of non-ortho nitro benzene ring substituents is 1. The van der Waals surface area contributed by atoms with E-state index in [1.165, 1.54) is 12.1 Å². The van der Waals surface area contributed by atoms with Gasteiger partial charge in [-0.15, -0.1) is 0 Å². The minimum absolute atomic E-state index is 0.0442. The van der Waals surface area contributed by atoms with Crippen molar-refractivity contribution < 1.29 is 14.4 Å². The Hall–Kier alpha value is -3.38. The van der Waals surface area contributed by atoms with E-state index in [9.17, 15) is 10.1 Å². The van der Waals surface area contributed by atoms with Crippen LogP contribution in [0.2, 0.25) is 0 Å². The van der Waals surface area contributed by atoms with Crippen LogP contribution in [-0.4, -0.2) is 18.1 Å². The van der Waals surface area contributed by atoms with Crippen molar-refractivity contribution in [1.82, 2.24) is 0 Å². The number of nitro groups is 1. The Labute approximate surface area is 157 Å². The Balaban J connectivity index is 1.90. The molecular weight excluding hydrogens is 344 g/mol. The van der Waals surface area contributed by atoms with Crippen LogP contribution in [-0.2, 0) is 6.61 Å². The first-order chi connectivity index (χ1) is 13.2. The summed E-state index contributed by atoms with van der Waals surface area (Å²) >= 11 is 0. The molecular formula is C21H20N2O4. The highest BCUT2D eigenvalue weighted by atomic mass is 16.6. The molecule has 3 rings (SSSR count). The maximum atomic E-state index is 11.0.